The van der Waals surface area contributed by atoms with E-state index in [0.29, 0.717) is 38.5 Å². The smallest absolute Gasteiger partial charge is 0.282 e. The maximum absolute atomic E-state index is 12.8. The standard InChI is InChI=1S/C14H21N3O3S/c15-13-3-1-2-12(10-13)11-17(14-4-5-14)21(18,19)16-6-8-20-9-7-16/h1-3,10,14H,4-9,11,15H2. The van der Waals surface area contributed by atoms with Crippen molar-refractivity contribution in [1.29, 1.82) is 0 Å². The molecular weight excluding hydrogens is 290 g/mol. The second kappa shape index (κ2) is 5.92. The van der Waals surface area contributed by atoms with Gasteiger partial charge in [0, 0.05) is 31.4 Å². The van der Waals surface area contributed by atoms with Gasteiger partial charge in [0.15, 0.2) is 0 Å². The summed E-state index contributed by atoms with van der Waals surface area (Å²) in [6.07, 6.45) is 1.87. The summed E-state index contributed by atoms with van der Waals surface area (Å²) in [7, 11) is -3.43. The predicted molar refractivity (Wildman–Crippen MR) is 80.7 cm³/mol. The highest BCUT2D eigenvalue weighted by molar-refractivity contribution is 7.86. The minimum atomic E-state index is -3.43. The number of hydrogen-bond donors (Lipinski definition) is 1. The lowest BCUT2D eigenvalue weighted by atomic mass is 10.2. The molecule has 0 bridgehead atoms. The summed E-state index contributed by atoms with van der Waals surface area (Å²) in [6.45, 7) is 2.19. The first-order valence-corrected chi connectivity index (χ1v) is 8.66. The Bertz CT molecular complexity index is 595. The Kier molecular flexibility index (Phi) is 4.17. The molecule has 1 aliphatic carbocycles. The van der Waals surface area contributed by atoms with Crippen LogP contribution >= 0.6 is 0 Å². The SMILES string of the molecule is Nc1cccc(CN(C2CC2)S(=O)(=O)N2CCOCC2)c1. The Hall–Kier alpha value is -1.15. The van der Waals surface area contributed by atoms with Crippen LogP contribution in [0.4, 0.5) is 5.69 Å². The van der Waals surface area contributed by atoms with Gasteiger partial charge in [-0.05, 0) is 30.5 Å². The molecule has 21 heavy (non-hydrogen) atoms. The number of nitrogen functional groups attached to an aromatic ring is 1. The lowest BCUT2D eigenvalue weighted by Gasteiger charge is -2.32. The molecule has 7 heteroatoms. The number of hydrogen-bond acceptors (Lipinski definition) is 4. The Balaban J connectivity index is 1.80. The number of nitrogens with two attached hydrogens (primary N) is 1. The van der Waals surface area contributed by atoms with Crippen LogP contribution in [-0.4, -0.2) is 49.4 Å². The van der Waals surface area contributed by atoms with Crippen molar-refractivity contribution in [3.8, 4) is 0 Å². The molecule has 0 atom stereocenters. The first-order chi connectivity index (χ1) is 10.1. The maximum atomic E-state index is 12.8. The Morgan fingerprint density at radius 3 is 2.62 bits per heavy atom. The van der Waals surface area contributed by atoms with Gasteiger partial charge in [-0.15, -0.1) is 0 Å². The van der Waals surface area contributed by atoms with Crippen molar-refractivity contribution in [2.45, 2.75) is 25.4 Å². The fraction of sp³-hybridized carbons (Fsp3) is 0.571. The summed E-state index contributed by atoms with van der Waals surface area (Å²) in [6, 6.07) is 7.54. The molecule has 1 heterocycles. The van der Waals surface area contributed by atoms with Crippen LogP contribution in [0, 0.1) is 0 Å². The van der Waals surface area contributed by atoms with E-state index >= 15 is 0 Å². The molecule has 3 rings (SSSR count). The van der Waals surface area contributed by atoms with Crippen LogP contribution in [0.2, 0.25) is 0 Å². The van der Waals surface area contributed by atoms with Crippen molar-refractivity contribution < 1.29 is 13.2 Å². The summed E-state index contributed by atoms with van der Waals surface area (Å²) in [5, 5.41) is 0. The van der Waals surface area contributed by atoms with Crippen LogP contribution in [-0.2, 0) is 21.5 Å². The summed E-state index contributed by atoms with van der Waals surface area (Å²) < 4.78 is 34.0. The van der Waals surface area contributed by atoms with Crippen LogP contribution < -0.4 is 5.73 Å². The van der Waals surface area contributed by atoms with E-state index in [-0.39, 0.29) is 6.04 Å². The number of nitrogens with zero attached hydrogens (tertiary/aromatic N) is 2. The monoisotopic (exact) mass is 311 g/mol. The molecule has 1 saturated carbocycles. The molecule has 1 aromatic rings. The van der Waals surface area contributed by atoms with Crippen molar-refractivity contribution in [3.63, 3.8) is 0 Å². The molecule has 1 saturated heterocycles. The van der Waals surface area contributed by atoms with Gasteiger partial charge in [0.1, 0.15) is 0 Å². The van der Waals surface area contributed by atoms with Gasteiger partial charge in [-0.1, -0.05) is 12.1 Å². The average molecular weight is 311 g/mol. The van der Waals surface area contributed by atoms with Crippen molar-refractivity contribution in [3.05, 3.63) is 29.8 Å². The number of benzene rings is 1. The van der Waals surface area contributed by atoms with Gasteiger partial charge < -0.3 is 10.5 Å². The van der Waals surface area contributed by atoms with Gasteiger partial charge in [0.05, 0.1) is 13.2 Å². The highest BCUT2D eigenvalue weighted by Crippen LogP contribution is 2.32. The molecule has 1 aromatic carbocycles. The number of ether oxygens (including phenoxy) is 1. The molecule has 1 aliphatic heterocycles. The van der Waals surface area contributed by atoms with Gasteiger partial charge in [0.25, 0.3) is 10.2 Å². The van der Waals surface area contributed by atoms with E-state index in [9.17, 15) is 8.42 Å². The minimum Gasteiger partial charge on any atom is -0.399 e. The normalized spacial score (nSPS) is 20.8. The maximum Gasteiger partial charge on any atom is 0.282 e. The third-order valence-corrected chi connectivity index (χ3v) is 5.87. The van der Waals surface area contributed by atoms with Gasteiger partial charge in [-0.3, -0.25) is 0 Å². The predicted octanol–water partition coefficient (Wildman–Crippen LogP) is 0.810. The van der Waals surface area contributed by atoms with Crippen LogP contribution in [0.25, 0.3) is 0 Å². The van der Waals surface area contributed by atoms with E-state index in [1.54, 1.807) is 10.4 Å². The molecule has 2 N–H and O–H groups in total. The summed E-state index contributed by atoms with van der Waals surface area (Å²) in [5.41, 5.74) is 7.37. The number of rotatable bonds is 5. The third-order valence-electron chi connectivity index (χ3n) is 3.84. The summed E-state index contributed by atoms with van der Waals surface area (Å²) in [5.74, 6) is 0. The van der Waals surface area contributed by atoms with E-state index in [1.165, 1.54) is 4.31 Å². The molecule has 116 valence electrons. The molecular formula is C14H21N3O3S. The topological polar surface area (TPSA) is 75.9 Å². The van der Waals surface area contributed by atoms with Gasteiger partial charge in [-0.25, -0.2) is 0 Å². The van der Waals surface area contributed by atoms with Crippen LogP contribution in [0.15, 0.2) is 24.3 Å². The van der Waals surface area contributed by atoms with E-state index in [1.807, 2.05) is 18.2 Å². The first kappa shape index (κ1) is 14.8. The number of morpholine rings is 1. The second-order valence-electron chi connectivity index (χ2n) is 5.54. The van der Waals surface area contributed by atoms with E-state index in [0.717, 1.165) is 18.4 Å². The highest BCUT2D eigenvalue weighted by atomic mass is 32.2. The van der Waals surface area contributed by atoms with Crippen LogP contribution in [0.3, 0.4) is 0 Å². The lowest BCUT2D eigenvalue weighted by molar-refractivity contribution is 0.0698. The van der Waals surface area contributed by atoms with Crippen molar-refractivity contribution in [1.82, 2.24) is 8.61 Å². The largest absolute Gasteiger partial charge is 0.399 e. The molecule has 0 unspecified atom stereocenters. The molecule has 0 spiro atoms. The zero-order chi connectivity index (χ0) is 14.9. The zero-order valence-electron chi connectivity index (χ0n) is 11.9. The molecule has 0 amide bonds. The molecule has 0 radical (unpaired) electrons. The van der Waals surface area contributed by atoms with Gasteiger partial charge in [0.2, 0.25) is 0 Å². The molecule has 2 aliphatic rings. The van der Waals surface area contributed by atoms with Gasteiger partial charge in [-0.2, -0.15) is 17.0 Å². The second-order valence-corrected chi connectivity index (χ2v) is 7.42. The Morgan fingerprint density at radius 1 is 1.29 bits per heavy atom. The fourth-order valence-corrected chi connectivity index (χ4v) is 4.37. The Labute approximate surface area is 125 Å². The van der Waals surface area contributed by atoms with Crippen LogP contribution in [0.1, 0.15) is 18.4 Å². The van der Waals surface area contributed by atoms with E-state index in [2.05, 4.69) is 0 Å². The zero-order valence-corrected chi connectivity index (χ0v) is 12.8. The fourth-order valence-electron chi connectivity index (χ4n) is 2.56. The van der Waals surface area contributed by atoms with Crippen molar-refractivity contribution >= 4 is 15.9 Å². The summed E-state index contributed by atoms with van der Waals surface area (Å²) >= 11 is 0. The average Bonchev–Trinajstić information content (AvgIpc) is 3.30. The molecule has 2 fully saturated rings. The van der Waals surface area contributed by atoms with Crippen LogP contribution in [0.5, 0.6) is 0 Å². The van der Waals surface area contributed by atoms with E-state index in [4.69, 9.17) is 10.5 Å². The van der Waals surface area contributed by atoms with Gasteiger partial charge >= 0.3 is 0 Å². The Morgan fingerprint density at radius 2 is 2.00 bits per heavy atom. The van der Waals surface area contributed by atoms with Crippen molar-refractivity contribution in [2.75, 3.05) is 32.0 Å². The quantitative estimate of drug-likeness (QED) is 0.817. The summed E-state index contributed by atoms with van der Waals surface area (Å²) in [4.78, 5) is 0. The first-order valence-electron chi connectivity index (χ1n) is 7.26. The number of anilines is 1. The lowest BCUT2D eigenvalue weighted by Crippen LogP contribution is -2.49. The van der Waals surface area contributed by atoms with E-state index < -0.39 is 10.2 Å². The minimum absolute atomic E-state index is 0.124. The molecule has 0 aromatic heterocycles. The van der Waals surface area contributed by atoms with Crippen molar-refractivity contribution in [2.24, 2.45) is 0 Å². The highest BCUT2D eigenvalue weighted by Gasteiger charge is 2.40. The molecule has 6 nitrogen and oxygen atoms in total. The third kappa shape index (κ3) is 3.37.